The third-order valence-corrected chi connectivity index (χ3v) is 2.24. The van der Waals surface area contributed by atoms with Crippen LogP contribution in [0.15, 0.2) is 0 Å². The average Bonchev–Trinajstić information content (AvgIpc) is 2.05. The summed E-state index contributed by atoms with van der Waals surface area (Å²) >= 11 is 0. The first-order valence-corrected chi connectivity index (χ1v) is 4.89. The number of hydrogen-bond acceptors (Lipinski definition) is 1. The van der Waals surface area contributed by atoms with Gasteiger partial charge in [0.15, 0.2) is 0 Å². The van der Waals surface area contributed by atoms with Crippen LogP contribution in [0.4, 0.5) is 0 Å². The van der Waals surface area contributed by atoms with Crippen LogP contribution in [0, 0.1) is 11.8 Å². The van der Waals surface area contributed by atoms with Gasteiger partial charge in [-0.05, 0) is 5.92 Å². The Morgan fingerprint density at radius 1 is 1.25 bits per heavy atom. The third kappa shape index (κ3) is 4.37. The summed E-state index contributed by atoms with van der Waals surface area (Å²) in [6.07, 6.45) is 2.30. The van der Waals surface area contributed by atoms with E-state index in [2.05, 4.69) is 19.2 Å². The van der Waals surface area contributed by atoms with E-state index in [1.54, 1.807) is 0 Å². The van der Waals surface area contributed by atoms with Crippen molar-refractivity contribution in [2.75, 3.05) is 6.54 Å². The molecule has 12 heavy (non-hydrogen) atoms. The van der Waals surface area contributed by atoms with Gasteiger partial charge in [0.25, 0.3) is 0 Å². The molecule has 0 unspecified atom stereocenters. The van der Waals surface area contributed by atoms with E-state index in [9.17, 15) is 4.79 Å². The zero-order chi connectivity index (χ0) is 9.56. The van der Waals surface area contributed by atoms with Crippen LogP contribution < -0.4 is 5.32 Å². The molecule has 0 saturated carbocycles. The zero-order valence-electron chi connectivity index (χ0n) is 8.68. The molecule has 0 heterocycles. The fourth-order valence-electron chi connectivity index (χ4n) is 1.03. The number of amides is 1. The second-order valence-electron chi connectivity index (χ2n) is 3.58. The number of rotatable bonds is 5. The quantitative estimate of drug-likeness (QED) is 0.675. The lowest BCUT2D eigenvalue weighted by Crippen LogP contribution is -2.32. The first-order valence-electron chi connectivity index (χ1n) is 4.89. The van der Waals surface area contributed by atoms with E-state index < -0.39 is 0 Å². The molecule has 1 amide bonds. The number of hydrogen-bond donors (Lipinski definition) is 1. The first-order chi connectivity index (χ1) is 5.61. The standard InChI is InChI=1S/C10H21NO/c1-5-9(6-2)7-11-10(12)8(3)4/h8-9H,5-7H2,1-4H3,(H,11,12). The van der Waals surface area contributed by atoms with Crippen molar-refractivity contribution in [2.45, 2.75) is 40.5 Å². The van der Waals surface area contributed by atoms with Crippen LogP contribution in [0.5, 0.6) is 0 Å². The summed E-state index contributed by atoms with van der Waals surface area (Å²) < 4.78 is 0. The minimum atomic E-state index is 0.111. The Morgan fingerprint density at radius 3 is 2.08 bits per heavy atom. The van der Waals surface area contributed by atoms with Crippen LogP contribution in [0.3, 0.4) is 0 Å². The number of carbonyl (C=O) groups is 1. The topological polar surface area (TPSA) is 29.1 Å². The van der Waals surface area contributed by atoms with E-state index in [1.807, 2.05) is 13.8 Å². The van der Waals surface area contributed by atoms with Gasteiger partial charge in [0.2, 0.25) is 5.91 Å². The average molecular weight is 171 g/mol. The normalized spacial score (nSPS) is 10.8. The molecule has 0 aromatic heterocycles. The molecular weight excluding hydrogens is 150 g/mol. The molecule has 0 aromatic carbocycles. The van der Waals surface area contributed by atoms with Gasteiger partial charge in [-0.2, -0.15) is 0 Å². The Balaban J connectivity index is 3.59. The van der Waals surface area contributed by atoms with Crippen LogP contribution in [0.25, 0.3) is 0 Å². The summed E-state index contributed by atoms with van der Waals surface area (Å²) in [5, 5.41) is 2.95. The fraction of sp³-hybridized carbons (Fsp3) is 0.900. The molecule has 0 fully saturated rings. The molecule has 0 radical (unpaired) electrons. The van der Waals surface area contributed by atoms with E-state index in [-0.39, 0.29) is 11.8 Å². The lowest BCUT2D eigenvalue weighted by Gasteiger charge is -2.14. The predicted octanol–water partition coefficient (Wildman–Crippen LogP) is 2.19. The zero-order valence-corrected chi connectivity index (χ0v) is 8.68. The molecule has 0 aliphatic heterocycles. The van der Waals surface area contributed by atoms with Crippen molar-refractivity contribution in [1.29, 1.82) is 0 Å². The largest absolute Gasteiger partial charge is 0.356 e. The van der Waals surface area contributed by atoms with Crippen LogP contribution in [-0.2, 0) is 4.79 Å². The maximum atomic E-state index is 11.2. The highest BCUT2D eigenvalue weighted by molar-refractivity contribution is 5.77. The number of nitrogens with one attached hydrogen (secondary N) is 1. The van der Waals surface area contributed by atoms with Gasteiger partial charge < -0.3 is 5.32 Å². The van der Waals surface area contributed by atoms with Crippen molar-refractivity contribution in [1.82, 2.24) is 5.32 Å². The van der Waals surface area contributed by atoms with Crippen molar-refractivity contribution in [3.63, 3.8) is 0 Å². The highest BCUT2D eigenvalue weighted by Gasteiger charge is 2.08. The first kappa shape index (κ1) is 11.5. The maximum absolute atomic E-state index is 11.2. The number of carbonyl (C=O) groups excluding carboxylic acids is 1. The van der Waals surface area contributed by atoms with Crippen molar-refractivity contribution in [3.8, 4) is 0 Å². The van der Waals surface area contributed by atoms with Crippen molar-refractivity contribution in [3.05, 3.63) is 0 Å². The molecule has 72 valence electrons. The van der Waals surface area contributed by atoms with Crippen LogP contribution in [0.2, 0.25) is 0 Å². The maximum Gasteiger partial charge on any atom is 0.222 e. The SMILES string of the molecule is CCC(CC)CNC(=O)C(C)C. The Labute approximate surface area is 75.7 Å². The molecule has 2 nitrogen and oxygen atoms in total. The summed E-state index contributed by atoms with van der Waals surface area (Å²) in [7, 11) is 0. The lowest BCUT2D eigenvalue weighted by molar-refractivity contribution is -0.124. The van der Waals surface area contributed by atoms with E-state index in [4.69, 9.17) is 0 Å². The Morgan fingerprint density at radius 2 is 1.75 bits per heavy atom. The molecule has 0 aliphatic carbocycles. The predicted molar refractivity (Wildman–Crippen MR) is 51.9 cm³/mol. The molecule has 0 rings (SSSR count). The van der Waals surface area contributed by atoms with E-state index in [0.717, 1.165) is 19.4 Å². The Bertz CT molecular complexity index is 128. The van der Waals surface area contributed by atoms with Gasteiger partial charge in [-0.15, -0.1) is 0 Å². The van der Waals surface area contributed by atoms with Gasteiger partial charge >= 0.3 is 0 Å². The van der Waals surface area contributed by atoms with Crippen LogP contribution >= 0.6 is 0 Å². The van der Waals surface area contributed by atoms with Gasteiger partial charge in [0, 0.05) is 12.5 Å². The van der Waals surface area contributed by atoms with Gasteiger partial charge in [-0.1, -0.05) is 40.5 Å². The second kappa shape index (κ2) is 6.04. The minimum Gasteiger partial charge on any atom is -0.356 e. The second-order valence-corrected chi connectivity index (χ2v) is 3.58. The molecular formula is C10H21NO. The molecule has 2 heteroatoms. The van der Waals surface area contributed by atoms with E-state index in [0.29, 0.717) is 5.92 Å². The molecule has 0 spiro atoms. The summed E-state index contributed by atoms with van der Waals surface area (Å²) in [6.45, 7) is 9.00. The van der Waals surface area contributed by atoms with Crippen molar-refractivity contribution >= 4 is 5.91 Å². The molecule has 0 saturated heterocycles. The minimum absolute atomic E-state index is 0.111. The van der Waals surface area contributed by atoms with Crippen LogP contribution in [-0.4, -0.2) is 12.5 Å². The van der Waals surface area contributed by atoms with E-state index in [1.165, 1.54) is 0 Å². The van der Waals surface area contributed by atoms with Gasteiger partial charge in [-0.25, -0.2) is 0 Å². The highest BCUT2D eigenvalue weighted by atomic mass is 16.1. The van der Waals surface area contributed by atoms with Crippen LogP contribution in [0.1, 0.15) is 40.5 Å². The van der Waals surface area contributed by atoms with Gasteiger partial charge in [-0.3, -0.25) is 4.79 Å². The molecule has 0 aliphatic rings. The Kier molecular flexibility index (Phi) is 5.77. The molecule has 0 atom stereocenters. The van der Waals surface area contributed by atoms with Gasteiger partial charge in [0.1, 0.15) is 0 Å². The van der Waals surface area contributed by atoms with E-state index >= 15 is 0 Å². The van der Waals surface area contributed by atoms with Gasteiger partial charge in [0.05, 0.1) is 0 Å². The summed E-state index contributed by atoms with van der Waals surface area (Å²) in [5.74, 6) is 0.925. The van der Waals surface area contributed by atoms with Crippen molar-refractivity contribution < 1.29 is 4.79 Å². The Hall–Kier alpha value is -0.530. The van der Waals surface area contributed by atoms with Crippen molar-refractivity contribution in [2.24, 2.45) is 11.8 Å². The fourth-order valence-corrected chi connectivity index (χ4v) is 1.03. The molecule has 0 aromatic rings. The summed E-state index contributed by atoms with van der Waals surface area (Å²) in [4.78, 5) is 11.2. The highest BCUT2D eigenvalue weighted by Crippen LogP contribution is 2.05. The molecule has 0 bridgehead atoms. The lowest BCUT2D eigenvalue weighted by atomic mass is 10.0. The monoisotopic (exact) mass is 171 g/mol. The third-order valence-electron chi connectivity index (χ3n) is 2.24. The summed E-state index contributed by atoms with van der Waals surface area (Å²) in [6, 6.07) is 0. The molecule has 1 N–H and O–H groups in total. The summed E-state index contributed by atoms with van der Waals surface area (Å²) in [5.41, 5.74) is 0. The smallest absolute Gasteiger partial charge is 0.222 e.